The lowest BCUT2D eigenvalue weighted by Crippen LogP contribution is -2.10. The molecule has 19 heavy (non-hydrogen) atoms. The molecule has 0 aliphatic carbocycles. The molecule has 2 nitrogen and oxygen atoms in total. The molecule has 0 aliphatic heterocycles. The zero-order chi connectivity index (χ0) is 14.0. The van der Waals surface area contributed by atoms with E-state index in [0.717, 1.165) is 5.56 Å². The fourth-order valence-electron chi connectivity index (χ4n) is 1.69. The van der Waals surface area contributed by atoms with Gasteiger partial charge in [0.1, 0.15) is 10.8 Å². The van der Waals surface area contributed by atoms with Gasteiger partial charge in [-0.3, -0.25) is 0 Å². The average molecular weight is 295 g/mol. The molecule has 98 valence electrons. The molecule has 2 aromatic carbocycles. The first-order valence-corrected chi connectivity index (χ1v) is 6.39. The van der Waals surface area contributed by atoms with Gasteiger partial charge in [0.2, 0.25) is 0 Å². The molecule has 0 unspecified atom stereocenters. The van der Waals surface area contributed by atoms with Crippen LogP contribution in [0, 0.1) is 12.7 Å². The van der Waals surface area contributed by atoms with Crippen LogP contribution in [0.5, 0.6) is 0 Å². The second kappa shape index (κ2) is 5.55. The van der Waals surface area contributed by atoms with E-state index in [1.807, 2.05) is 19.1 Å². The highest BCUT2D eigenvalue weighted by atomic mass is 35.5. The molecule has 2 aromatic rings. The molecule has 0 radical (unpaired) electrons. The largest absolute Gasteiger partial charge is 0.389 e. The van der Waals surface area contributed by atoms with Gasteiger partial charge in [0.15, 0.2) is 0 Å². The van der Waals surface area contributed by atoms with Crippen LogP contribution in [0.25, 0.3) is 0 Å². The van der Waals surface area contributed by atoms with Gasteiger partial charge in [0, 0.05) is 5.56 Å². The van der Waals surface area contributed by atoms with Crippen molar-refractivity contribution in [3.05, 3.63) is 58.4 Å². The Morgan fingerprint density at radius 3 is 2.63 bits per heavy atom. The summed E-state index contributed by atoms with van der Waals surface area (Å²) in [6.45, 7) is 1.90. The number of hydrogen-bond donors (Lipinski definition) is 2. The highest BCUT2D eigenvalue weighted by molar-refractivity contribution is 7.80. The van der Waals surface area contributed by atoms with E-state index in [9.17, 15) is 4.39 Å². The van der Waals surface area contributed by atoms with Gasteiger partial charge in [0.05, 0.1) is 16.4 Å². The van der Waals surface area contributed by atoms with Crippen molar-refractivity contribution in [3.63, 3.8) is 0 Å². The lowest BCUT2D eigenvalue weighted by molar-refractivity contribution is 0.631. The molecule has 2 rings (SSSR count). The summed E-state index contributed by atoms with van der Waals surface area (Å²) in [5, 5.41) is 3.52. The highest BCUT2D eigenvalue weighted by Crippen LogP contribution is 2.30. The second-order valence-corrected chi connectivity index (χ2v) is 4.96. The number of anilines is 2. The van der Waals surface area contributed by atoms with E-state index in [-0.39, 0.29) is 4.99 Å². The summed E-state index contributed by atoms with van der Waals surface area (Å²) in [6.07, 6.45) is 0. The molecule has 3 N–H and O–H groups in total. The molecule has 0 fully saturated rings. The third kappa shape index (κ3) is 3.03. The predicted molar refractivity (Wildman–Crippen MR) is 81.8 cm³/mol. The number of aryl methyl sites for hydroxylation is 1. The van der Waals surface area contributed by atoms with Gasteiger partial charge in [0.25, 0.3) is 0 Å². The van der Waals surface area contributed by atoms with Crippen molar-refractivity contribution in [2.24, 2.45) is 5.73 Å². The average Bonchev–Trinajstić information content (AvgIpc) is 2.35. The number of nitrogens with one attached hydrogen (secondary N) is 1. The van der Waals surface area contributed by atoms with Gasteiger partial charge in [-0.25, -0.2) is 4.39 Å². The third-order valence-electron chi connectivity index (χ3n) is 2.74. The first-order valence-electron chi connectivity index (χ1n) is 5.60. The van der Waals surface area contributed by atoms with Crippen molar-refractivity contribution in [3.8, 4) is 0 Å². The lowest BCUT2D eigenvalue weighted by atomic mass is 10.1. The molecular formula is C14H12ClFN2S. The standard InChI is InChI=1S/C14H12ClFN2S/c1-8-3-2-4-10(15)13(8)18-12-6-5-9(14(17)19)7-11(12)16/h2-7,18H,1H3,(H2,17,19). The Kier molecular flexibility index (Phi) is 4.02. The topological polar surface area (TPSA) is 38.0 Å². The Bertz CT molecular complexity index is 623. The number of hydrogen-bond acceptors (Lipinski definition) is 2. The first-order chi connectivity index (χ1) is 8.99. The van der Waals surface area contributed by atoms with Crippen LogP contribution in [-0.2, 0) is 0 Å². The van der Waals surface area contributed by atoms with Crippen LogP contribution >= 0.6 is 23.8 Å². The van der Waals surface area contributed by atoms with Crippen LogP contribution in [0.15, 0.2) is 36.4 Å². The normalized spacial score (nSPS) is 10.3. The molecule has 0 spiro atoms. The van der Waals surface area contributed by atoms with Gasteiger partial charge in [-0.2, -0.15) is 0 Å². The number of halogens is 2. The van der Waals surface area contributed by atoms with Gasteiger partial charge >= 0.3 is 0 Å². The minimum atomic E-state index is -0.426. The Balaban J connectivity index is 2.36. The fourth-order valence-corrected chi connectivity index (χ4v) is 2.09. The maximum Gasteiger partial charge on any atom is 0.147 e. The molecule has 0 saturated heterocycles. The Labute approximate surface area is 121 Å². The summed E-state index contributed by atoms with van der Waals surface area (Å²) in [5.41, 5.74) is 7.90. The minimum Gasteiger partial charge on any atom is -0.389 e. The molecule has 0 aromatic heterocycles. The van der Waals surface area contributed by atoms with E-state index in [4.69, 9.17) is 29.6 Å². The molecule has 0 aliphatic rings. The van der Waals surface area contributed by atoms with Crippen molar-refractivity contribution >= 4 is 40.2 Å². The Morgan fingerprint density at radius 1 is 1.32 bits per heavy atom. The maximum atomic E-state index is 13.9. The predicted octanol–water partition coefficient (Wildman–Crippen LogP) is 4.17. The van der Waals surface area contributed by atoms with E-state index >= 15 is 0 Å². The van der Waals surface area contributed by atoms with E-state index in [0.29, 0.717) is 22.0 Å². The van der Waals surface area contributed by atoms with Crippen molar-refractivity contribution in [1.29, 1.82) is 0 Å². The molecule has 0 bridgehead atoms. The molecule has 0 amide bonds. The Hall–Kier alpha value is -1.65. The molecule has 5 heteroatoms. The smallest absolute Gasteiger partial charge is 0.147 e. The summed E-state index contributed by atoms with van der Waals surface area (Å²) in [7, 11) is 0. The highest BCUT2D eigenvalue weighted by Gasteiger charge is 2.09. The fraction of sp³-hybridized carbons (Fsp3) is 0.0714. The van der Waals surface area contributed by atoms with Crippen LogP contribution < -0.4 is 11.1 Å². The number of rotatable bonds is 3. The van der Waals surface area contributed by atoms with Gasteiger partial charge < -0.3 is 11.1 Å². The summed E-state index contributed by atoms with van der Waals surface area (Å²) in [6, 6.07) is 10.0. The monoisotopic (exact) mass is 294 g/mol. The van der Waals surface area contributed by atoms with Crippen molar-refractivity contribution in [1.82, 2.24) is 0 Å². The summed E-state index contributed by atoms with van der Waals surface area (Å²) < 4.78 is 13.9. The van der Waals surface area contributed by atoms with Crippen LogP contribution in [0.2, 0.25) is 5.02 Å². The quantitative estimate of drug-likeness (QED) is 0.835. The zero-order valence-electron chi connectivity index (χ0n) is 10.2. The summed E-state index contributed by atoms with van der Waals surface area (Å²) in [4.78, 5) is 0.166. The van der Waals surface area contributed by atoms with Gasteiger partial charge in [-0.15, -0.1) is 0 Å². The van der Waals surface area contributed by atoms with Crippen LogP contribution in [0.4, 0.5) is 15.8 Å². The number of benzene rings is 2. The van der Waals surface area contributed by atoms with Gasteiger partial charge in [-0.05, 0) is 36.8 Å². The van der Waals surface area contributed by atoms with E-state index in [1.165, 1.54) is 6.07 Å². The third-order valence-corrected chi connectivity index (χ3v) is 3.29. The van der Waals surface area contributed by atoms with E-state index in [2.05, 4.69) is 5.32 Å². The van der Waals surface area contributed by atoms with E-state index < -0.39 is 5.82 Å². The molecule has 0 saturated carbocycles. The number of thiocarbonyl (C=S) groups is 1. The maximum absolute atomic E-state index is 13.9. The second-order valence-electron chi connectivity index (χ2n) is 4.12. The Morgan fingerprint density at radius 2 is 2.05 bits per heavy atom. The molecule has 0 heterocycles. The van der Waals surface area contributed by atoms with Crippen molar-refractivity contribution in [2.45, 2.75) is 6.92 Å². The number of nitrogens with two attached hydrogens (primary N) is 1. The summed E-state index contributed by atoms with van der Waals surface area (Å²) in [5.74, 6) is -0.426. The van der Waals surface area contributed by atoms with Crippen molar-refractivity contribution < 1.29 is 4.39 Å². The zero-order valence-corrected chi connectivity index (χ0v) is 11.8. The van der Waals surface area contributed by atoms with E-state index in [1.54, 1.807) is 18.2 Å². The molecule has 0 atom stereocenters. The van der Waals surface area contributed by atoms with Crippen LogP contribution in [0.3, 0.4) is 0 Å². The molecular weight excluding hydrogens is 283 g/mol. The van der Waals surface area contributed by atoms with Crippen LogP contribution in [-0.4, -0.2) is 4.99 Å². The lowest BCUT2D eigenvalue weighted by Gasteiger charge is -2.12. The van der Waals surface area contributed by atoms with Crippen LogP contribution in [0.1, 0.15) is 11.1 Å². The minimum absolute atomic E-state index is 0.166. The summed E-state index contributed by atoms with van der Waals surface area (Å²) >= 11 is 10.9. The SMILES string of the molecule is Cc1cccc(Cl)c1Nc1ccc(C(N)=S)cc1F. The number of para-hydroxylation sites is 1. The first kappa shape index (κ1) is 13.8. The van der Waals surface area contributed by atoms with Crippen molar-refractivity contribution in [2.75, 3.05) is 5.32 Å². The van der Waals surface area contributed by atoms with Gasteiger partial charge in [-0.1, -0.05) is 36.0 Å².